The zero-order valence-corrected chi connectivity index (χ0v) is 14.2. The van der Waals surface area contributed by atoms with Crippen molar-refractivity contribution in [2.24, 2.45) is 0 Å². The molecule has 122 valence electrons. The molecule has 4 nitrogen and oxygen atoms in total. The minimum Gasteiger partial charge on any atom is -0.490 e. The predicted molar refractivity (Wildman–Crippen MR) is 90.3 cm³/mol. The zero-order valence-electron chi connectivity index (χ0n) is 14.2. The molecular formula is C18H27NO3. The van der Waals surface area contributed by atoms with E-state index in [2.05, 4.69) is 12.2 Å². The fourth-order valence-corrected chi connectivity index (χ4v) is 1.81. The Morgan fingerprint density at radius 2 is 1.91 bits per heavy atom. The molecule has 0 aliphatic carbocycles. The van der Waals surface area contributed by atoms with Crippen molar-refractivity contribution in [3.05, 3.63) is 29.8 Å². The summed E-state index contributed by atoms with van der Waals surface area (Å²) in [6.45, 7) is 11.1. The summed E-state index contributed by atoms with van der Waals surface area (Å²) in [5, 5.41) is 2.89. The van der Waals surface area contributed by atoms with Gasteiger partial charge < -0.3 is 14.8 Å². The van der Waals surface area contributed by atoms with Crippen LogP contribution in [0.2, 0.25) is 0 Å². The Morgan fingerprint density at radius 1 is 1.18 bits per heavy atom. The molecule has 1 N–H and O–H groups in total. The van der Waals surface area contributed by atoms with Gasteiger partial charge in [0.25, 0.3) is 0 Å². The van der Waals surface area contributed by atoms with Gasteiger partial charge >= 0.3 is 0 Å². The molecule has 0 saturated heterocycles. The van der Waals surface area contributed by atoms with Gasteiger partial charge in [0.2, 0.25) is 5.91 Å². The van der Waals surface area contributed by atoms with Crippen LogP contribution in [-0.4, -0.2) is 24.7 Å². The fraction of sp³-hybridized carbons (Fsp3) is 0.500. The molecular weight excluding hydrogens is 278 g/mol. The smallest absolute Gasteiger partial charge is 0.244 e. The third-order valence-electron chi connectivity index (χ3n) is 2.65. The maximum atomic E-state index is 11.8. The summed E-state index contributed by atoms with van der Waals surface area (Å²) in [6.07, 6.45) is 4.25. The van der Waals surface area contributed by atoms with Gasteiger partial charge in [-0.25, -0.2) is 0 Å². The molecule has 0 unspecified atom stereocenters. The van der Waals surface area contributed by atoms with Crippen LogP contribution in [0.15, 0.2) is 24.3 Å². The van der Waals surface area contributed by atoms with Gasteiger partial charge in [0.1, 0.15) is 0 Å². The Hall–Kier alpha value is -1.97. The number of nitrogens with one attached hydrogen (secondary N) is 1. The first kappa shape index (κ1) is 18.1. The maximum Gasteiger partial charge on any atom is 0.244 e. The van der Waals surface area contributed by atoms with Crippen LogP contribution in [-0.2, 0) is 4.79 Å². The van der Waals surface area contributed by atoms with E-state index in [0.29, 0.717) is 19.0 Å². The number of rotatable bonds is 7. The molecule has 1 aromatic rings. The number of benzene rings is 1. The number of amides is 1. The van der Waals surface area contributed by atoms with Crippen molar-refractivity contribution in [3.8, 4) is 11.5 Å². The molecule has 0 radical (unpaired) electrons. The Kier molecular flexibility index (Phi) is 6.96. The summed E-state index contributed by atoms with van der Waals surface area (Å²) in [4.78, 5) is 11.8. The third kappa shape index (κ3) is 6.66. The number of ether oxygens (including phenoxy) is 2. The molecule has 4 heteroatoms. The fourth-order valence-electron chi connectivity index (χ4n) is 1.81. The Labute approximate surface area is 133 Å². The van der Waals surface area contributed by atoms with Crippen molar-refractivity contribution in [1.82, 2.24) is 5.32 Å². The lowest BCUT2D eigenvalue weighted by Crippen LogP contribution is -2.39. The first-order valence-electron chi connectivity index (χ1n) is 7.75. The quantitative estimate of drug-likeness (QED) is 0.779. The Balaban J connectivity index is 2.83. The summed E-state index contributed by atoms with van der Waals surface area (Å²) in [5.41, 5.74) is 0.659. The van der Waals surface area contributed by atoms with E-state index in [9.17, 15) is 4.79 Å². The summed E-state index contributed by atoms with van der Waals surface area (Å²) in [5.74, 6) is 1.33. The van der Waals surface area contributed by atoms with Crippen LogP contribution in [0.5, 0.6) is 11.5 Å². The van der Waals surface area contributed by atoms with Crippen molar-refractivity contribution in [1.29, 1.82) is 0 Å². The van der Waals surface area contributed by atoms with E-state index in [1.165, 1.54) is 6.08 Å². The topological polar surface area (TPSA) is 47.6 Å². The van der Waals surface area contributed by atoms with E-state index in [4.69, 9.17) is 9.47 Å². The minimum atomic E-state index is -0.240. The van der Waals surface area contributed by atoms with Crippen molar-refractivity contribution in [2.75, 3.05) is 13.2 Å². The predicted octanol–water partition coefficient (Wildman–Crippen LogP) is 3.80. The Bertz CT molecular complexity index is 516. The van der Waals surface area contributed by atoms with E-state index in [1.54, 1.807) is 6.08 Å². The molecule has 0 aromatic heterocycles. The van der Waals surface area contributed by atoms with Gasteiger partial charge in [-0.05, 0) is 57.9 Å². The second kappa shape index (κ2) is 8.47. The van der Waals surface area contributed by atoms with Crippen molar-refractivity contribution < 1.29 is 14.3 Å². The zero-order chi connectivity index (χ0) is 16.6. The highest BCUT2D eigenvalue weighted by atomic mass is 16.5. The van der Waals surface area contributed by atoms with Crippen LogP contribution in [0.4, 0.5) is 0 Å². The van der Waals surface area contributed by atoms with E-state index in [0.717, 1.165) is 17.7 Å². The summed E-state index contributed by atoms with van der Waals surface area (Å²) in [6, 6.07) is 5.67. The van der Waals surface area contributed by atoms with E-state index < -0.39 is 0 Å². The average Bonchev–Trinajstić information content (AvgIpc) is 2.42. The number of hydrogen-bond donors (Lipinski definition) is 1. The van der Waals surface area contributed by atoms with Gasteiger partial charge in [-0.3, -0.25) is 4.79 Å². The van der Waals surface area contributed by atoms with E-state index in [-0.39, 0.29) is 11.4 Å². The Morgan fingerprint density at radius 3 is 2.50 bits per heavy atom. The highest BCUT2D eigenvalue weighted by molar-refractivity contribution is 5.92. The van der Waals surface area contributed by atoms with Gasteiger partial charge in [-0.1, -0.05) is 13.0 Å². The normalized spacial score (nSPS) is 11.5. The molecule has 0 heterocycles. The highest BCUT2D eigenvalue weighted by Gasteiger charge is 2.11. The molecule has 0 fully saturated rings. The first-order valence-corrected chi connectivity index (χ1v) is 7.75. The lowest BCUT2D eigenvalue weighted by molar-refractivity contribution is -0.117. The number of hydrogen-bond acceptors (Lipinski definition) is 3. The second-order valence-electron chi connectivity index (χ2n) is 6.06. The van der Waals surface area contributed by atoms with Crippen molar-refractivity contribution >= 4 is 12.0 Å². The summed E-state index contributed by atoms with van der Waals surface area (Å²) in [7, 11) is 0. The molecule has 1 rings (SSSR count). The first-order chi connectivity index (χ1) is 10.4. The molecule has 0 atom stereocenters. The minimum absolute atomic E-state index is 0.114. The van der Waals surface area contributed by atoms with Crippen molar-refractivity contribution in [2.45, 2.75) is 46.6 Å². The molecule has 0 aliphatic rings. The van der Waals surface area contributed by atoms with Crippen LogP contribution in [0.25, 0.3) is 6.08 Å². The standard InChI is InChI=1S/C18H27NO3/c1-6-12-22-15-10-8-14(13-16(15)21-7-2)9-11-17(20)19-18(3,4)5/h8-11,13H,6-7,12H2,1-5H3,(H,19,20)/b11-9+. The van der Waals surface area contributed by atoms with Crippen molar-refractivity contribution in [3.63, 3.8) is 0 Å². The van der Waals surface area contributed by atoms with Crippen LogP contribution in [0.3, 0.4) is 0 Å². The lowest BCUT2D eigenvalue weighted by atomic mass is 10.1. The van der Waals surface area contributed by atoms with Gasteiger partial charge in [-0.15, -0.1) is 0 Å². The van der Waals surface area contributed by atoms with Gasteiger partial charge in [0.05, 0.1) is 13.2 Å². The van der Waals surface area contributed by atoms with E-state index >= 15 is 0 Å². The lowest BCUT2D eigenvalue weighted by Gasteiger charge is -2.19. The van der Waals surface area contributed by atoms with Crippen LogP contribution >= 0.6 is 0 Å². The van der Waals surface area contributed by atoms with Gasteiger partial charge in [0.15, 0.2) is 11.5 Å². The molecule has 0 saturated carbocycles. The monoisotopic (exact) mass is 305 g/mol. The van der Waals surface area contributed by atoms with Crippen LogP contribution in [0.1, 0.15) is 46.6 Å². The van der Waals surface area contributed by atoms with Gasteiger partial charge in [0, 0.05) is 11.6 Å². The summed E-state index contributed by atoms with van der Waals surface area (Å²) >= 11 is 0. The third-order valence-corrected chi connectivity index (χ3v) is 2.65. The summed E-state index contributed by atoms with van der Waals surface area (Å²) < 4.78 is 11.3. The maximum absolute atomic E-state index is 11.8. The van der Waals surface area contributed by atoms with Crippen LogP contribution < -0.4 is 14.8 Å². The molecule has 22 heavy (non-hydrogen) atoms. The second-order valence-corrected chi connectivity index (χ2v) is 6.06. The van der Waals surface area contributed by atoms with Gasteiger partial charge in [-0.2, -0.15) is 0 Å². The SMILES string of the molecule is CCCOc1ccc(/C=C/C(=O)NC(C)(C)C)cc1OCC. The largest absolute Gasteiger partial charge is 0.490 e. The average molecular weight is 305 g/mol. The van der Waals surface area contributed by atoms with Crippen LogP contribution in [0, 0.1) is 0 Å². The number of carbonyl (C=O) groups is 1. The molecule has 0 aliphatic heterocycles. The molecule has 0 spiro atoms. The molecule has 1 aromatic carbocycles. The molecule has 1 amide bonds. The van der Waals surface area contributed by atoms with E-state index in [1.807, 2.05) is 45.9 Å². The number of carbonyl (C=O) groups excluding carboxylic acids is 1. The molecule has 0 bridgehead atoms. The highest BCUT2D eigenvalue weighted by Crippen LogP contribution is 2.29.